The van der Waals surface area contributed by atoms with Crippen LogP contribution in [0.15, 0.2) is 0 Å². The summed E-state index contributed by atoms with van der Waals surface area (Å²) in [5, 5.41) is 9.97. The molecule has 0 saturated heterocycles. The van der Waals surface area contributed by atoms with Gasteiger partial charge in [0, 0.05) is 12.8 Å². The molecule has 3 atom stereocenters. The summed E-state index contributed by atoms with van der Waals surface area (Å²) in [5.41, 5.74) is -0.619. The van der Waals surface area contributed by atoms with Gasteiger partial charge in [-0.05, 0) is 31.1 Å². The molecule has 68 valence electrons. The summed E-state index contributed by atoms with van der Waals surface area (Å²) in [4.78, 5) is 11.3. The van der Waals surface area contributed by atoms with E-state index in [4.69, 9.17) is 0 Å². The molecule has 0 aliphatic heterocycles. The lowest BCUT2D eigenvalue weighted by molar-refractivity contribution is -0.137. The maximum atomic E-state index is 11.3. The summed E-state index contributed by atoms with van der Waals surface area (Å²) < 4.78 is 0. The maximum Gasteiger partial charge on any atom is 0.136 e. The minimum Gasteiger partial charge on any atom is -0.389 e. The molecule has 2 fully saturated rings. The third kappa shape index (κ3) is 1.28. The molecule has 2 saturated carbocycles. The molecule has 2 nitrogen and oxygen atoms in total. The van der Waals surface area contributed by atoms with Crippen LogP contribution in [0.4, 0.5) is 0 Å². The summed E-state index contributed by atoms with van der Waals surface area (Å²) in [6.07, 6.45) is 3.91. The van der Waals surface area contributed by atoms with E-state index >= 15 is 0 Å². The van der Waals surface area contributed by atoms with E-state index in [1.165, 1.54) is 0 Å². The molecule has 2 rings (SSSR count). The lowest BCUT2D eigenvalue weighted by atomic mass is 9.64. The molecule has 0 aromatic heterocycles. The minimum absolute atomic E-state index is 0.264. The third-order valence-electron chi connectivity index (χ3n) is 3.53. The summed E-state index contributed by atoms with van der Waals surface area (Å²) in [6.45, 7) is 2.20. The molecule has 0 aromatic carbocycles. The van der Waals surface area contributed by atoms with Crippen LogP contribution in [0.25, 0.3) is 0 Å². The van der Waals surface area contributed by atoms with E-state index in [0.29, 0.717) is 24.7 Å². The average molecular weight is 168 g/mol. The first-order valence-corrected chi connectivity index (χ1v) is 4.83. The molecule has 2 heteroatoms. The molecular weight excluding hydrogens is 152 g/mol. The molecule has 2 bridgehead atoms. The van der Waals surface area contributed by atoms with Gasteiger partial charge < -0.3 is 5.11 Å². The minimum atomic E-state index is -0.619. The van der Waals surface area contributed by atoms with Crippen LogP contribution in [-0.2, 0) is 4.79 Å². The molecule has 0 aromatic rings. The highest BCUT2D eigenvalue weighted by Gasteiger charge is 2.43. The second kappa shape index (κ2) is 2.56. The van der Waals surface area contributed by atoms with Gasteiger partial charge in [0.1, 0.15) is 5.78 Å². The Balaban J connectivity index is 2.17. The second-order valence-corrected chi connectivity index (χ2v) is 4.62. The molecular formula is C10H16O2. The third-order valence-corrected chi connectivity index (χ3v) is 3.53. The van der Waals surface area contributed by atoms with Crippen LogP contribution in [0.2, 0.25) is 0 Å². The van der Waals surface area contributed by atoms with Crippen molar-refractivity contribution < 1.29 is 9.90 Å². The van der Waals surface area contributed by atoms with E-state index in [1.807, 2.05) is 0 Å². The molecule has 1 unspecified atom stereocenters. The van der Waals surface area contributed by atoms with Crippen molar-refractivity contribution in [2.75, 3.05) is 0 Å². The van der Waals surface area contributed by atoms with Gasteiger partial charge >= 0.3 is 0 Å². The Labute approximate surface area is 73.0 Å². The van der Waals surface area contributed by atoms with Gasteiger partial charge in [0.05, 0.1) is 5.60 Å². The standard InChI is InChI=1S/C10H16O2/c1-7-2-3-10(12)5-8(7)4-9(11)6-10/h7-8,12H,2-6H2,1H3/t7?,8-,10+/m0/s1. The zero-order valence-electron chi connectivity index (χ0n) is 7.55. The van der Waals surface area contributed by atoms with Crippen LogP contribution >= 0.6 is 0 Å². The molecule has 2 aliphatic rings. The van der Waals surface area contributed by atoms with Crippen molar-refractivity contribution in [3.05, 3.63) is 0 Å². The summed E-state index contributed by atoms with van der Waals surface area (Å²) in [5.74, 6) is 1.36. The molecule has 12 heavy (non-hydrogen) atoms. The van der Waals surface area contributed by atoms with E-state index in [9.17, 15) is 9.90 Å². The highest BCUT2D eigenvalue weighted by molar-refractivity contribution is 5.80. The smallest absolute Gasteiger partial charge is 0.136 e. The van der Waals surface area contributed by atoms with E-state index < -0.39 is 5.60 Å². The van der Waals surface area contributed by atoms with Crippen molar-refractivity contribution in [2.24, 2.45) is 11.8 Å². The number of ketones is 1. The Kier molecular flexibility index (Phi) is 1.76. The number of fused-ring (bicyclic) bond motifs is 2. The van der Waals surface area contributed by atoms with Gasteiger partial charge in [0.25, 0.3) is 0 Å². The van der Waals surface area contributed by atoms with Crippen LogP contribution in [0.1, 0.15) is 39.0 Å². The predicted molar refractivity (Wildman–Crippen MR) is 45.7 cm³/mol. The Morgan fingerprint density at radius 3 is 3.08 bits per heavy atom. The van der Waals surface area contributed by atoms with Crippen molar-refractivity contribution >= 4 is 5.78 Å². The Morgan fingerprint density at radius 2 is 2.33 bits per heavy atom. The SMILES string of the molecule is CC1CC[C@]2(O)CC(=O)C[C@H]1C2. The molecule has 0 heterocycles. The average Bonchev–Trinajstić information content (AvgIpc) is 1.96. The Hall–Kier alpha value is -0.370. The van der Waals surface area contributed by atoms with E-state index in [2.05, 4.69) is 6.92 Å². The summed E-state index contributed by atoms with van der Waals surface area (Å²) in [6, 6.07) is 0. The number of hydrogen-bond acceptors (Lipinski definition) is 2. The second-order valence-electron chi connectivity index (χ2n) is 4.62. The van der Waals surface area contributed by atoms with Crippen LogP contribution < -0.4 is 0 Å². The van der Waals surface area contributed by atoms with Gasteiger partial charge in [0.15, 0.2) is 0 Å². The first-order chi connectivity index (χ1) is 5.59. The maximum absolute atomic E-state index is 11.3. The van der Waals surface area contributed by atoms with Gasteiger partial charge in [-0.15, -0.1) is 0 Å². The first kappa shape index (κ1) is 8.24. The zero-order chi connectivity index (χ0) is 8.77. The predicted octanol–water partition coefficient (Wildman–Crippen LogP) is 1.52. The largest absolute Gasteiger partial charge is 0.389 e. The van der Waals surface area contributed by atoms with Crippen molar-refractivity contribution in [1.82, 2.24) is 0 Å². The van der Waals surface area contributed by atoms with Gasteiger partial charge in [-0.25, -0.2) is 0 Å². The number of hydrogen-bond donors (Lipinski definition) is 1. The zero-order valence-corrected chi connectivity index (χ0v) is 7.55. The quantitative estimate of drug-likeness (QED) is 0.595. The number of aliphatic hydroxyl groups is 1. The molecule has 1 N–H and O–H groups in total. The highest BCUT2D eigenvalue weighted by Crippen LogP contribution is 2.44. The molecule has 2 aliphatic carbocycles. The normalized spacial score (nSPS) is 47.7. The lowest BCUT2D eigenvalue weighted by Gasteiger charge is -2.43. The monoisotopic (exact) mass is 168 g/mol. The fourth-order valence-corrected chi connectivity index (χ4v) is 2.69. The van der Waals surface area contributed by atoms with Crippen molar-refractivity contribution in [3.63, 3.8) is 0 Å². The van der Waals surface area contributed by atoms with Crippen LogP contribution in [0.5, 0.6) is 0 Å². The molecule has 0 spiro atoms. The van der Waals surface area contributed by atoms with E-state index in [1.54, 1.807) is 0 Å². The number of carbonyl (C=O) groups is 1. The van der Waals surface area contributed by atoms with Gasteiger partial charge in [0.2, 0.25) is 0 Å². The van der Waals surface area contributed by atoms with E-state index in [0.717, 1.165) is 19.3 Å². The van der Waals surface area contributed by atoms with Gasteiger partial charge in [-0.2, -0.15) is 0 Å². The van der Waals surface area contributed by atoms with Gasteiger partial charge in [-0.3, -0.25) is 4.79 Å². The lowest BCUT2D eigenvalue weighted by Crippen LogP contribution is -2.45. The topological polar surface area (TPSA) is 37.3 Å². The highest BCUT2D eigenvalue weighted by atomic mass is 16.3. The number of Topliss-reactive ketones (excluding diaryl/α,β-unsaturated/α-hetero) is 1. The Bertz CT molecular complexity index is 212. The van der Waals surface area contributed by atoms with Crippen molar-refractivity contribution in [3.8, 4) is 0 Å². The fraction of sp³-hybridized carbons (Fsp3) is 0.900. The van der Waals surface area contributed by atoms with Crippen molar-refractivity contribution in [1.29, 1.82) is 0 Å². The molecule has 0 amide bonds. The van der Waals surface area contributed by atoms with Crippen LogP contribution in [0, 0.1) is 11.8 Å². The molecule has 0 radical (unpaired) electrons. The number of carbonyl (C=O) groups excluding carboxylic acids is 1. The first-order valence-electron chi connectivity index (χ1n) is 4.83. The van der Waals surface area contributed by atoms with Crippen molar-refractivity contribution in [2.45, 2.75) is 44.6 Å². The van der Waals surface area contributed by atoms with E-state index in [-0.39, 0.29) is 5.78 Å². The summed E-state index contributed by atoms with van der Waals surface area (Å²) >= 11 is 0. The van der Waals surface area contributed by atoms with Crippen LogP contribution in [-0.4, -0.2) is 16.5 Å². The van der Waals surface area contributed by atoms with Gasteiger partial charge in [-0.1, -0.05) is 6.92 Å². The summed E-state index contributed by atoms with van der Waals surface area (Å²) in [7, 11) is 0. The Morgan fingerprint density at radius 1 is 1.58 bits per heavy atom. The van der Waals surface area contributed by atoms with Crippen LogP contribution in [0.3, 0.4) is 0 Å². The fourth-order valence-electron chi connectivity index (χ4n) is 2.69. The number of rotatable bonds is 0.